The zero-order valence-electron chi connectivity index (χ0n) is 17.3. The molecule has 2 aliphatic rings. The molecule has 2 aromatic carbocycles. The maximum atomic E-state index is 13.8. The molecule has 3 aromatic rings. The number of hydrogen-bond acceptors (Lipinski definition) is 5. The number of rotatable bonds is 4. The predicted octanol–water partition coefficient (Wildman–Crippen LogP) is 4.79. The molecule has 6 nitrogen and oxygen atoms in total. The Bertz CT molecular complexity index is 1290. The minimum atomic E-state index is -1.79. The molecule has 9 heteroatoms. The molecule has 0 aliphatic carbocycles. The molecule has 5 rings (SSSR count). The largest absolute Gasteiger partial charge is 0.480 e. The molecule has 168 valence electrons. The van der Waals surface area contributed by atoms with Crippen molar-refractivity contribution in [1.29, 1.82) is 0 Å². The van der Waals surface area contributed by atoms with Crippen molar-refractivity contribution in [3.8, 4) is 0 Å². The second kappa shape index (κ2) is 7.95. The molecular weight excluding hydrogens is 483 g/mol. The number of carbonyl (C=O) groups is 3. The summed E-state index contributed by atoms with van der Waals surface area (Å²) in [7, 11) is 0. The average Bonchev–Trinajstić information content (AvgIpc) is 3.45. The number of carboxylic acids is 1. The monoisotopic (exact) mass is 500 g/mol. The van der Waals surface area contributed by atoms with Crippen molar-refractivity contribution < 1.29 is 19.5 Å². The minimum Gasteiger partial charge on any atom is -0.480 e. The van der Waals surface area contributed by atoms with Gasteiger partial charge in [0.2, 0.25) is 11.8 Å². The SMILES string of the molecule is Cc1ccc(N2C(=O)C3C(c4ccc(Cl)s4)NC(C(=O)O)(c4ccccc4)C3C2=O)cc1Cl. The van der Waals surface area contributed by atoms with Gasteiger partial charge in [0.15, 0.2) is 5.54 Å². The normalized spacial score (nSPS) is 26.6. The molecule has 2 amide bonds. The molecule has 0 bridgehead atoms. The van der Waals surface area contributed by atoms with Gasteiger partial charge in [-0.15, -0.1) is 11.3 Å². The highest BCUT2D eigenvalue weighted by atomic mass is 35.5. The summed E-state index contributed by atoms with van der Waals surface area (Å²) in [6.45, 7) is 1.82. The molecular formula is C24H18Cl2N2O4S. The first kappa shape index (κ1) is 22.1. The number of aryl methyl sites for hydroxylation is 1. The summed E-state index contributed by atoms with van der Waals surface area (Å²) >= 11 is 13.7. The van der Waals surface area contributed by atoms with Gasteiger partial charge in [0, 0.05) is 9.90 Å². The van der Waals surface area contributed by atoms with Crippen molar-refractivity contribution >= 4 is 58.0 Å². The first-order chi connectivity index (χ1) is 15.8. The van der Waals surface area contributed by atoms with Gasteiger partial charge in [-0.05, 0) is 42.3 Å². The van der Waals surface area contributed by atoms with Crippen LogP contribution in [0.2, 0.25) is 9.36 Å². The van der Waals surface area contributed by atoms with Crippen LogP contribution >= 0.6 is 34.5 Å². The smallest absolute Gasteiger partial charge is 0.329 e. The number of carboxylic acid groups (broad SMARTS) is 1. The van der Waals surface area contributed by atoms with Gasteiger partial charge >= 0.3 is 5.97 Å². The van der Waals surface area contributed by atoms with E-state index in [-0.39, 0.29) is 0 Å². The van der Waals surface area contributed by atoms with Gasteiger partial charge in [0.25, 0.3) is 0 Å². The van der Waals surface area contributed by atoms with Crippen LogP contribution in [-0.2, 0) is 19.9 Å². The lowest BCUT2D eigenvalue weighted by atomic mass is 9.76. The van der Waals surface area contributed by atoms with E-state index in [0.29, 0.717) is 25.5 Å². The van der Waals surface area contributed by atoms with Gasteiger partial charge in [-0.3, -0.25) is 14.9 Å². The fourth-order valence-corrected chi connectivity index (χ4v) is 6.24. The zero-order valence-corrected chi connectivity index (χ0v) is 19.6. The van der Waals surface area contributed by atoms with Crippen LogP contribution in [0.5, 0.6) is 0 Å². The Morgan fingerprint density at radius 3 is 2.39 bits per heavy atom. The summed E-state index contributed by atoms with van der Waals surface area (Å²) in [5, 5.41) is 14.1. The quantitative estimate of drug-likeness (QED) is 0.502. The Morgan fingerprint density at radius 1 is 1.06 bits per heavy atom. The van der Waals surface area contributed by atoms with E-state index in [1.165, 1.54) is 11.3 Å². The average molecular weight is 501 g/mol. The highest BCUT2D eigenvalue weighted by Crippen LogP contribution is 2.54. The molecule has 33 heavy (non-hydrogen) atoms. The van der Waals surface area contributed by atoms with Crippen LogP contribution in [0.1, 0.15) is 22.0 Å². The number of imide groups is 1. The number of hydrogen-bond donors (Lipinski definition) is 2. The lowest BCUT2D eigenvalue weighted by Crippen LogP contribution is -2.53. The highest BCUT2D eigenvalue weighted by Gasteiger charge is 2.69. The Hall–Kier alpha value is -2.71. The van der Waals surface area contributed by atoms with Crippen molar-refractivity contribution in [1.82, 2.24) is 5.32 Å². The Balaban J connectivity index is 1.71. The number of halogens is 2. The molecule has 4 atom stereocenters. The number of nitrogens with zero attached hydrogens (tertiary/aromatic N) is 1. The number of anilines is 1. The van der Waals surface area contributed by atoms with Crippen LogP contribution < -0.4 is 10.2 Å². The van der Waals surface area contributed by atoms with Crippen LogP contribution in [0.3, 0.4) is 0 Å². The van der Waals surface area contributed by atoms with Crippen molar-refractivity contribution in [2.45, 2.75) is 18.5 Å². The molecule has 2 N–H and O–H groups in total. The van der Waals surface area contributed by atoms with Gasteiger partial charge in [-0.1, -0.05) is 59.6 Å². The molecule has 0 saturated carbocycles. The van der Waals surface area contributed by atoms with Crippen LogP contribution in [0.15, 0.2) is 60.7 Å². The third-order valence-electron chi connectivity index (χ3n) is 6.44. The zero-order chi connectivity index (χ0) is 23.5. The fourth-order valence-electron chi connectivity index (χ4n) is 4.91. The van der Waals surface area contributed by atoms with E-state index in [0.717, 1.165) is 10.5 Å². The number of amides is 2. The first-order valence-electron chi connectivity index (χ1n) is 10.2. The third-order valence-corrected chi connectivity index (χ3v) is 8.16. The third kappa shape index (κ3) is 3.22. The van der Waals surface area contributed by atoms with Crippen LogP contribution in [0, 0.1) is 18.8 Å². The predicted molar refractivity (Wildman–Crippen MR) is 127 cm³/mol. The number of carbonyl (C=O) groups excluding carboxylic acids is 2. The molecule has 0 radical (unpaired) electrons. The number of benzene rings is 2. The van der Waals surface area contributed by atoms with Crippen LogP contribution in [0.25, 0.3) is 0 Å². The number of thiophene rings is 1. The second-order valence-corrected chi connectivity index (χ2v) is 10.3. The number of aliphatic carboxylic acids is 1. The first-order valence-corrected chi connectivity index (χ1v) is 11.8. The van der Waals surface area contributed by atoms with Crippen molar-refractivity contribution in [2.24, 2.45) is 11.8 Å². The van der Waals surface area contributed by atoms with E-state index in [4.69, 9.17) is 23.2 Å². The van der Waals surface area contributed by atoms with E-state index >= 15 is 0 Å². The highest BCUT2D eigenvalue weighted by molar-refractivity contribution is 7.16. The summed E-state index contributed by atoms with van der Waals surface area (Å²) in [6.07, 6.45) is 0. The van der Waals surface area contributed by atoms with E-state index in [9.17, 15) is 19.5 Å². The molecule has 2 fully saturated rings. The van der Waals surface area contributed by atoms with Gasteiger partial charge in [0.05, 0.1) is 27.9 Å². The Morgan fingerprint density at radius 2 is 1.79 bits per heavy atom. The minimum absolute atomic E-state index is 0.324. The number of fused-ring (bicyclic) bond motifs is 1. The summed E-state index contributed by atoms with van der Waals surface area (Å²) in [4.78, 5) is 42.2. The lowest BCUT2D eigenvalue weighted by molar-refractivity contribution is -0.149. The second-order valence-electron chi connectivity index (χ2n) is 8.19. The van der Waals surface area contributed by atoms with Gasteiger partial charge < -0.3 is 5.11 Å². The molecule has 4 unspecified atom stereocenters. The van der Waals surface area contributed by atoms with Crippen molar-refractivity contribution in [3.63, 3.8) is 0 Å². The Labute approximate surface area is 203 Å². The molecule has 3 heterocycles. The van der Waals surface area contributed by atoms with Gasteiger partial charge in [0.1, 0.15) is 0 Å². The molecule has 0 spiro atoms. The van der Waals surface area contributed by atoms with Crippen molar-refractivity contribution in [2.75, 3.05) is 4.90 Å². The van der Waals surface area contributed by atoms with Crippen molar-refractivity contribution in [3.05, 3.63) is 86.0 Å². The van der Waals surface area contributed by atoms with Gasteiger partial charge in [-0.25, -0.2) is 9.69 Å². The maximum absolute atomic E-state index is 13.8. The Kier molecular flexibility index (Phi) is 5.33. The van der Waals surface area contributed by atoms with E-state index in [1.54, 1.807) is 60.7 Å². The summed E-state index contributed by atoms with van der Waals surface area (Å²) in [6, 6.07) is 16.2. The van der Waals surface area contributed by atoms with Crippen LogP contribution in [-0.4, -0.2) is 22.9 Å². The van der Waals surface area contributed by atoms with E-state index in [1.807, 2.05) is 6.92 Å². The fraction of sp³-hybridized carbons (Fsp3) is 0.208. The summed E-state index contributed by atoms with van der Waals surface area (Å²) in [5.74, 6) is -4.35. The van der Waals surface area contributed by atoms with E-state index in [2.05, 4.69) is 5.32 Å². The summed E-state index contributed by atoms with van der Waals surface area (Å²) < 4.78 is 0.509. The van der Waals surface area contributed by atoms with Crippen LogP contribution in [0.4, 0.5) is 5.69 Å². The lowest BCUT2D eigenvalue weighted by Gasteiger charge is -2.31. The molecule has 2 saturated heterocycles. The van der Waals surface area contributed by atoms with Gasteiger partial charge in [-0.2, -0.15) is 0 Å². The standard InChI is InChI=1S/C24H18Cl2N2O4S/c1-12-7-8-14(11-15(12)25)28-21(29)18-19(22(28)30)24(23(31)32,13-5-3-2-4-6-13)27-20(18)16-9-10-17(26)33-16/h2-11,18-20,27H,1H3,(H,31,32). The topological polar surface area (TPSA) is 86.7 Å². The maximum Gasteiger partial charge on any atom is 0.329 e. The number of nitrogens with one attached hydrogen (secondary N) is 1. The van der Waals surface area contributed by atoms with E-state index < -0.39 is 41.2 Å². The molecule has 2 aliphatic heterocycles. The molecule has 1 aromatic heterocycles. The summed E-state index contributed by atoms with van der Waals surface area (Å²) in [5.41, 5.74) is -0.257.